The number of nitrogens with one attached hydrogen (secondary N) is 1. The van der Waals surface area contributed by atoms with Crippen LogP contribution in [0, 0.1) is 0 Å². The van der Waals surface area contributed by atoms with Gasteiger partial charge in [0, 0.05) is 0 Å². The van der Waals surface area contributed by atoms with Crippen LogP contribution in [0.2, 0.25) is 0 Å². The third kappa shape index (κ3) is 3.25. The van der Waals surface area contributed by atoms with Gasteiger partial charge in [0.25, 0.3) is 5.91 Å². The third-order valence-electron chi connectivity index (χ3n) is 3.96. The summed E-state index contributed by atoms with van der Waals surface area (Å²) in [6.07, 6.45) is 0. The van der Waals surface area contributed by atoms with Crippen LogP contribution in [-0.4, -0.2) is 25.0 Å². The van der Waals surface area contributed by atoms with Gasteiger partial charge in [0.05, 0.1) is 11.4 Å². The second-order valence-corrected chi connectivity index (χ2v) is 6.03. The van der Waals surface area contributed by atoms with E-state index in [-0.39, 0.29) is 25.0 Å². The zero-order chi connectivity index (χ0) is 17.1. The molecule has 2 aromatic carbocycles. The van der Waals surface area contributed by atoms with Crippen LogP contribution in [0.4, 0.5) is 11.4 Å². The van der Waals surface area contributed by atoms with E-state index in [9.17, 15) is 9.59 Å². The predicted molar refractivity (Wildman–Crippen MR) is 93.5 cm³/mol. The fourth-order valence-corrected chi connectivity index (χ4v) is 2.76. The lowest BCUT2D eigenvalue weighted by molar-refractivity contribution is -0.123. The van der Waals surface area contributed by atoms with Crippen LogP contribution in [0.3, 0.4) is 0 Å². The molecular formula is C19H20N2O3. The first-order valence-electron chi connectivity index (χ1n) is 7.97. The number of benzene rings is 2. The highest BCUT2D eigenvalue weighted by Gasteiger charge is 2.26. The van der Waals surface area contributed by atoms with Gasteiger partial charge in [0.2, 0.25) is 5.91 Å². The van der Waals surface area contributed by atoms with E-state index in [1.807, 2.05) is 42.5 Å². The van der Waals surface area contributed by atoms with Crippen LogP contribution in [0.25, 0.3) is 0 Å². The van der Waals surface area contributed by atoms with Crippen molar-refractivity contribution in [1.82, 2.24) is 0 Å². The number of rotatable bonds is 4. The molecule has 3 rings (SSSR count). The van der Waals surface area contributed by atoms with Gasteiger partial charge >= 0.3 is 0 Å². The van der Waals surface area contributed by atoms with Crippen LogP contribution in [0.5, 0.6) is 5.75 Å². The maximum Gasteiger partial charge on any atom is 0.265 e. The molecule has 2 amide bonds. The molecule has 1 N–H and O–H groups in total. The molecule has 0 spiro atoms. The predicted octanol–water partition coefficient (Wildman–Crippen LogP) is 3.17. The minimum Gasteiger partial charge on any atom is -0.483 e. The SMILES string of the molecule is CC(C)c1ccccc1OCC(=O)N1CC(=O)Nc2ccccc21. The van der Waals surface area contributed by atoms with Gasteiger partial charge in [-0.3, -0.25) is 14.5 Å². The Bertz CT molecular complexity index is 771. The molecule has 0 saturated heterocycles. The topological polar surface area (TPSA) is 58.6 Å². The summed E-state index contributed by atoms with van der Waals surface area (Å²) in [5, 5.41) is 2.77. The lowest BCUT2D eigenvalue weighted by atomic mass is 10.0. The maximum atomic E-state index is 12.6. The highest BCUT2D eigenvalue weighted by atomic mass is 16.5. The number of para-hydroxylation sites is 3. The fraction of sp³-hybridized carbons (Fsp3) is 0.263. The summed E-state index contributed by atoms with van der Waals surface area (Å²) in [6.45, 7) is 4.06. The summed E-state index contributed by atoms with van der Waals surface area (Å²) < 4.78 is 5.74. The van der Waals surface area contributed by atoms with Crippen LogP contribution >= 0.6 is 0 Å². The van der Waals surface area contributed by atoms with Crippen molar-refractivity contribution in [3.8, 4) is 5.75 Å². The number of anilines is 2. The number of carbonyl (C=O) groups excluding carboxylic acids is 2. The average Bonchev–Trinajstić information content (AvgIpc) is 2.59. The van der Waals surface area contributed by atoms with Gasteiger partial charge in [-0.05, 0) is 29.7 Å². The molecule has 124 valence electrons. The summed E-state index contributed by atoms with van der Waals surface area (Å²) in [5.74, 6) is 0.564. The normalized spacial score (nSPS) is 13.5. The first-order valence-corrected chi connectivity index (χ1v) is 7.97. The molecule has 1 aliphatic heterocycles. The van der Waals surface area contributed by atoms with Crippen molar-refractivity contribution in [2.75, 3.05) is 23.4 Å². The van der Waals surface area contributed by atoms with Crippen molar-refractivity contribution < 1.29 is 14.3 Å². The minimum atomic E-state index is -0.240. The molecule has 5 nitrogen and oxygen atoms in total. The average molecular weight is 324 g/mol. The molecular weight excluding hydrogens is 304 g/mol. The Morgan fingerprint density at radius 2 is 1.88 bits per heavy atom. The van der Waals surface area contributed by atoms with Gasteiger partial charge in [-0.25, -0.2) is 0 Å². The van der Waals surface area contributed by atoms with Crippen molar-refractivity contribution in [1.29, 1.82) is 0 Å². The van der Waals surface area contributed by atoms with Crippen molar-refractivity contribution >= 4 is 23.2 Å². The van der Waals surface area contributed by atoms with Crippen molar-refractivity contribution in [3.63, 3.8) is 0 Å². The van der Waals surface area contributed by atoms with Crippen molar-refractivity contribution in [2.45, 2.75) is 19.8 Å². The van der Waals surface area contributed by atoms with E-state index < -0.39 is 0 Å². The Morgan fingerprint density at radius 3 is 2.67 bits per heavy atom. The second-order valence-electron chi connectivity index (χ2n) is 6.03. The zero-order valence-corrected chi connectivity index (χ0v) is 13.8. The summed E-state index contributed by atoms with van der Waals surface area (Å²) in [6, 6.07) is 14.9. The molecule has 24 heavy (non-hydrogen) atoms. The smallest absolute Gasteiger partial charge is 0.265 e. The highest BCUT2D eigenvalue weighted by molar-refractivity contribution is 6.10. The number of ether oxygens (including phenoxy) is 1. The first kappa shape index (κ1) is 16.1. The molecule has 0 bridgehead atoms. The van der Waals surface area contributed by atoms with Crippen molar-refractivity contribution in [2.24, 2.45) is 0 Å². The van der Waals surface area contributed by atoms with E-state index in [0.29, 0.717) is 23.0 Å². The van der Waals surface area contributed by atoms with E-state index >= 15 is 0 Å². The van der Waals surface area contributed by atoms with Gasteiger partial charge < -0.3 is 10.1 Å². The van der Waals surface area contributed by atoms with Gasteiger partial charge in [-0.2, -0.15) is 0 Å². The number of amides is 2. The Kier molecular flexibility index (Phi) is 4.51. The Labute approximate surface area is 141 Å². The van der Waals surface area contributed by atoms with Gasteiger partial charge in [-0.15, -0.1) is 0 Å². The number of carbonyl (C=O) groups is 2. The summed E-state index contributed by atoms with van der Waals surface area (Å²) >= 11 is 0. The molecule has 0 aromatic heterocycles. The van der Waals surface area contributed by atoms with Gasteiger partial charge in [0.1, 0.15) is 12.3 Å². The summed E-state index contributed by atoms with van der Waals surface area (Å²) in [7, 11) is 0. The van der Waals surface area contributed by atoms with E-state index in [0.717, 1.165) is 5.56 Å². The Hall–Kier alpha value is -2.82. The van der Waals surface area contributed by atoms with E-state index in [2.05, 4.69) is 19.2 Å². The summed E-state index contributed by atoms with van der Waals surface area (Å²) in [4.78, 5) is 25.9. The van der Waals surface area contributed by atoms with Gasteiger partial charge in [-0.1, -0.05) is 44.2 Å². The standard InChI is InChI=1S/C19H20N2O3/c1-13(2)14-7-3-6-10-17(14)24-12-19(23)21-11-18(22)20-15-8-4-5-9-16(15)21/h3-10,13H,11-12H2,1-2H3,(H,20,22). The molecule has 2 aromatic rings. The number of hydrogen-bond donors (Lipinski definition) is 1. The van der Waals surface area contributed by atoms with Crippen LogP contribution in [0.15, 0.2) is 48.5 Å². The zero-order valence-electron chi connectivity index (χ0n) is 13.8. The lowest BCUT2D eigenvalue weighted by Gasteiger charge is -2.29. The molecule has 0 atom stereocenters. The van der Waals surface area contributed by atoms with E-state index in [1.165, 1.54) is 4.90 Å². The Morgan fingerprint density at radius 1 is 1.17 bits per heavy atom. The van der Waals surface area contributed by atoms with Crippen LogP contribution < -0.4 is 15.0 Å². The van der Waals surface area contributed by atoms with Crippen LogP contribution in [-0.2, 0) is 9.59 Å². The molecule has 1 heterocycles. The highest BCUT2D eigenvalue weighted by Crippen LogP contribution is 2.29. The van der Waals surface area contributed by atoms with Crippen LogP contribution in [0.1, 0.15) is 25.3 Å². The number of hydrogen-bond acceptors (Lipinski definition) is 3. The minimum absolute atomic E-state index is 0.00499. The third-order valence-corrected chi connectivity index (χ3v) is 3.96. The molecule has 0 radical (unpaired) electrons. The number of fused-ring (bicyclic) bond motifs is 1. The molecule has 0 unspecified atom stereocenters. The van der Waals surface area contributed by atoms with Gasteiger partial charge in [0.15, 0.2) is 6.61 Å². The van der Waals surface area contributed by atoms with Crippen molar-refractivity contribution in [3.05, 3.63) is 54.1 Å². The molecule has 0 fully saturated rings. The van der Waals surface area contributed by atoms with E-state index in [4.69, 9.17) is 4.74 Å². The second kappa shape index (κ2) is 6.74. The lowest BCUT2D eigenvalue weighted by Crippen LogP contribution is -2.44. The summed E-state index contributed by atoms with van der Waals surface area (Å²) in [5.41, 5.74) is 2.40. The quantitative estimate of drug-likeness (QED) is 0.940. The molecule has 0 saturated carbocycles. The first-order chi connectivity index (χ1) is 11.6. The Balaban J connectivity index is 1.76. The fourth-order valence-electron chi connectivity index (χ4n) is 2.76. The monoisotopic (exact) mass is 324 g/mol. The molecule has 0 aliphatic carbocycles. The van der Waals surface area contributed by atoms with E-state index in [1.54, 1.807) is 6.07 Å². The molecule has 5 heteroatoms. The maximum absolute atomic E-state index is 12.6. The molecule has 1 aliphatic rings. The number of nitrogens with zero attached hydrogens (tertiary/aromatic N) is 1. The largest absolute Gasteiger partial charge is 0.483 e.